The van der Waals surface area contributed by atoms with Crippen molar-refractivity contribution < 1.29 is 0 Å². The van der Waals surface area contributed by atoms with Crippen LogP contribution in [-0.4, -0.2) is 6.54 Å². The predicted octanol–water partition coefficient (Wildman–Crippen LogP) is 4.98. The van der Waals surface area contributed by atoms with E-state index in [1.807, 2.05) is 0 Å². The van der Waals surface area contributed by atoms with Crippen molar-refractivity contribution in [2.45, 2.75) is 12.8 Å². The van der Waals surface area contributed by atoms with E-state index in [0.29, 0.717) is 0 Å². The van der Waals surface area contributed by atoms with Crippen LogP contribution < -0.4 is 5.32 Å². The molecule has 1 fully saturated rings. The highest BCUT2D eigenvalue weighted by Crippen LogP contribution is 2.43. The zero-order chi connectivity index (χ0) is 14.1. The average Bonchev–Trinajstić information content (AvgIpc) is 3.17. The number of allylic oxidation sites excluding steroid dienone is 2. The molecular formula is C20H21N. The summed E-state index contributed by atoms with van der Waals surface area (Å²) in [5.41, 5.74) is 3.85. The fourth-order valence-corrected chi connectivity index (χ4v) is 3.88. The van der Waals surface area contributed by atoms with Gasteiger partial charge in [0.05, 0.1) is 0 Å². The summed E-state index contributed by atoms with van der Waals surface area (Å²) in [7, 11) is 0. The van der Waals surface area contributed by atoms with Gasteiger partial charge in [-0.25, -0.2) is 0 Å². The summed E-state index contributed by atoms with van der Waals surface area (Å²) in [5.74, 6) is 2.47. The average molecular weight is 275 g/mol. The lowest BCUT2D eigenvalue weighted by molar-refractivity contribution is 0.472. The highest BCUT2D eigenvalue weighted by molar-refractivity contribution is 5.77. The molecule has 106 valence electrons. The van der Waals surface area contributed by atoms with Crippen molar-refractivity contribution >= 4 is 5.69 Å². The molecule has 1 N–H and O–H groups in total. The highest BCUT2D eigenvalue weighted by atomic mass is 14.9. The largest absolute Gasteiger partial charge is 0.384 e. The van der Waals surface area contributed by atoms with E-state index in [0.717, 1.165) is 24.3 Å². The molecule has 3 atom stereocenters. The summed E-state index contributed by atoms with van der Waals surface area (Å²) in [6, 6.07) is 19.3. The zero-order valence-electron chi connectivity index (χ0n) is 12.2. The number of nitrogens with one attached hydrogen (secondary N) is 1. The number of hydrogen-bond acceptors (Lipinski definition) is 1. The molecule has 3 unspecified atom stereocenters. The van der Waals surface area contributed by atoms with Crippen molar-refractivity contribution in [3.63, 3.8) is 0 Å². The Kier molecular flexibility index (Phi) is 3.27. The summed E-state index contributed by atoms with van der Waals surface area (Å²) in [6.07, 6.45) is 7.59. The molecule has 2 aliphatic rings. The third kappa shape index (κ3) is 2.49. The van der Waals surface area contributed by atoms with Gasteiger partial charge in [-0.3, -0.25) is 0 Å². The van der Waals surface area contributed by atoms with Crippen LogP contribution in [0, 0.1) is 17.8 Å². The van der Waals surface area contributed by atoms with E-state index < -0.39 is 0 Å². The minimum absolute atomic E-state index is 0.809. The Morgan fingerprint density at radius 1 is 0.857 bits per heavy atom. The van der Waals surface area contributed by atoms with Crippen LogP contribution in [0.4, 0.5) is 5.69 Å². The molecule has 0 aromatic heterocycles. The van der Waals surface area contributed by atoms with Gasteiger partial charge in [0.2, 0.25) is 0 Å². The minimum atomic E-state index is 0.809. The second kappa shape index (κ2) is 5.40. The molecule has 0 spiro atoms. The van der Waals surface area contributed by atoms with E-state index in [1.54, 1.807) is 0 Å². The molecule has 0 aliphatic heterocycles. The highest BCUT2D eigenvalue weighted by Gasteiger charge is 2.35. The van der Waals surface area contributed by atoms with Crippen molar-refractivity contribution in [2.75, 3.05) is 11.9 Å². The quantitative estimate of drug-likeness (QED) is 0.776. The predicted molar refractivity (Wildman–Crippen MR) is 89.2 cm³/mol. The van der Waals surface area contributed by atoms with Crippen molar-refractivity contribution in [3.8, 4) is 11.1 Å². The molecule has 0 saturated heterocycles. The molecule has 2 aromatic rings. The van der Waals surface area contributed by atoms with E-state index in [4.69, 9.17) is 0 Å². The van der Waals surface area contributed by atoms with Crippen LogP contribution in [0.15, 0.2) is 66.7 Å². The molecule has 1 nitrogen and oxygen atoms in total. The minimum Gasteiger partial charge on any atom is -0.384 e. The number of hydrogen-bond donors (Lipinski definition) is 1. The Morgan fingerprint density at radius 3 is 2.43 bits per heavy atom. The van der Waals surface area contributed by atoms with E-state index in [9.17, 15) is 0 Å². The van der Waals surface area contributed by atoms with E-state index in [-0.39, 0.29) is 0 Å². The van der Waals surface area contributed by atoms with Crippen molar-refractivity contribution in [1.82, 2.24) is 0 Å². The number of benzene rings is 2. The van der Waals surface area contributed by atoms with Crippen LogP contribution in [0.3, 0.4) is 0 Å². The Morgan fingerprint density at radius 2 is 1.67 bits per heavy atom. The van der Waals surface area contributed by atoms with E-state index in [1.165, 1.54) is 29.7 Å². The molecule has 2 aromatic carbocycles. The van der Waals surface area contributed by atoms with Gasteiger partial charge < -0.3 is 5.32 Å². The third-order valence-corrected chi connectivity index (χ3v) is 4.98. The third-order valence-electron chi connectivity index (χ3n) is 4.98. The number of anilines is 1. The van der Waals surface area contributed by atoms with E-state index in [2.05, 4.69) is 72.1 Å². The first-order valence-corrected chi connectivity index (χ1v) is 7.97. The normalized spacial score (nSPS) is 26.2. The Labute approximate surface area is 126 Å². The zero-order valence-corrected chi connectivity index (χ0v) is 12.2. The molecule has 1 heteroatoms. The Bertz CT molecular complexity index is 644. The number of para-hydroxylation sites is 1. The van der Waals surface area contributed by atoms with Crippen molar-refractivity contribution in [1.29, 1.82) is 0 Å². The summed E-state index contributed by atoms with van der Waals surface area (Å²) in [4.78, 5) is 0. The summed E-state index contributed by atoms with van der Waals surface area (Å²) in [6.45, 7) is 1.09. The van der Waals surface area contributed by atoms with Gasteiger partial charge in [-0.15, -0.1) is 0 Å². The molecule has 0 heterocycles. The maximum absolute atomic E-state index is 3.70. The molecule has 0 radical (unpaired) electrons. The lowest BCUT2D eigenvalue weighted by Gasteiger charge is -2.20. The fraction of sp³-hybridized carbons (Fsp3) is 0.300. The Hall–Kier alpha value is -2.02. The van der Waals surface area contributed by atoms with Gasteiger partial charge in [-0.1, -0.05) is 60.7 Å². The van der Waals surface area contributed by atoms with Gasteiger partial charge in [-0.2, -0.15) is 0 Å². The topological polar surface area (TPSA) is 12.0 Å². The second-order valence-corrected chi connectivity index (χ2v) is 6.33. The van der Waals surface area contributed by atoms with Gasteiger partial charge in [0.15, 0.2) is 0 Å². The molecule has 4 rings (SSSR count). The van der Waals surface area contributed by atoms with Gasteiger partial charge in [-0.05, 0) is 42.2 Å². The summed E-state index contributed by atoms with van der Waals surface area (Å²) >= 11 is 0. The first-order valence-electron chi connectivity index (χ1n) is 7.97. The maximum atomic E-state index is 3.70. The van der Waals surface area contributed by atoms with Gasteiger partial charge in [0.1, 0.15) is 0 Å². The molecular weight excluding hydrogens is 254 g/mol. The van der Waals surface area contributed by atoms with E-state index >= 15 is 0 Å². The van der Waals surface area contributed by atoms with Gasteiger partial charge in [0.25, 0.3) is 0 Å². The van der Waals surface area contributed by atoms with Gasteiger partial charge in [0, 0.05) is 17.8 Å². The standard InChI is InChI=1S/C20H21N/c1-2-6-16(7-3-1)19-8-4-5-9-20(19)21-14-18-13-15-10-11-17(18)12-15/h1-11,15,17-18,21H,12-14H2. The lowest BCUT2D eigenvalue weighted by atomic mass is 9.93. The van der Waals surface area contributed by atoms with Crippen LogP contribution >= 0.6 is 0 Å². The van der Waals surface area contributed by atoms with Crippen molar-refractivity contribution in [2.24, 2.45) is 17.8 Å². The lowest BCUT2D eigenvalue weighted by Crippen LogP contribution is -2.18. The van der Waals surface area contributed by atoms with Crippen LogP contribution in [0.5, 0.6) is 0 Å². The van der Waals surface area contributed by atoms with Crippen LogP contribution in [0.2, 0.25) is 0 Å². The molecule has 2 bridgehead atoms. The molecule has 0 amide bonds. The maximum Gasteiger partial charge on any atom is 0.0419 e. The summed E-state index contributed by atoms with van der Waals surface area (Å²) < 4.78 is 0. The summed E-state index contributed by atoms with van der Waals surface area (Å²) in [5, 5.41) is 3.70. The molecule has 21 heavy (non-hydrogen) atoms. The number of fused-ring (bicyclic) bond motifs is 2. The Balaban J connectivity index is 1.52. The van der Waals surface area contributed by atoms with Gasteiger partial charge >= 0.3 is 0 Å². The number of rotatable bonds is 4. The molecule has 1 saturated carbocycles. The van der Waals surface area contributed by atoms with Crippen LogP contribution in [0.25, 0.3) is 11.1 Å². The van der Waals surface area contributed by atoms with Crippen molar-refractivity contribution in [3.05, 3.63) is 66.7 Å². The SMILES string of the molecule is C1=CC2CC1CC2CNc1ccccc1-c1ccccc1. The smallest absolute Gasteiger partial charge is 0.0419 e. The molecule has 2 aliphatic carbocycles. The fourth-order valence-electron chi connectivity index (χ4n) is 3.88. The first-order chi connectivity index (χ1) is 10.4. The van der Waals surface area contributed by atoms with Crippen LogP contribution in [0.1, 0.15) is 12.8 Å². The van der Waals surface area contributed by atoms with Crippen LogP contribution in [-0.2, 0) is 0 Å². The second-order valence-electron chi connectivity index (χ2n) is 6.33. The monoisotopic (exact) mass is 275 g/mol. The first kappa shape index (κ1) is 12.7.